The van der Waals surface area contributed by atoms with E-state index >= 15 is 0 Å². The third kappa shape index (κ3) is 2.49. The van der Waals surface area contributed by atoms with Gasteiger partial charge in [0.05, 0.1) is 5.60 Å². The van der Waals surface area contributed by atoms with Crippen molar-refractivity contribution in [3.05, 3.63) is 0 Å². The molecule has 0 amide bonds. The Kier molecular flexibility index (Phi) is 3.41. The molecule has 1 fully saturated rings. The fraction of sp³-hybridized carbons (Fsp3) is 0.909. The molecular weight excluding hydrogens is 194 g/mol. The number of likely N-dealkylation sites (tertiary alicyclic amines) is 1. The van der Waals surface area contributed by atoms with E-state index in [1.165, 1.54) is 0 Å². The minimum absolute atomic E-state index is 0.437. The van der Waals surface area contributed by atoms with Gasteiger partial charge in [-0.1, -0.05) is 6.92 Å². The van der Waals surface area contributed by atoms with Crippen LogP contribution in [0, 0.1) is 0 Å². The molecule has 0 radical (unpaired) electrons. The van der Waals surface area contributed by atoms with Crippen molar-refractivity contribution >= 4 is 5.97 Å². The van der Waals surface area contributed by atoms with Gasteiger partial charge in [-0.05, 0) is 39.7 Å². The fourth-order valence-corrected chi connectivity index (χ4v) is 2.04. The lowest BCUT2D eigenvalue weighted by Gasteiger charge is -2.36. The Balaban J connectivity index is 2.74. The lowest BCUT2D eigenvalue weighted by atomic mass is 9.96. The van der Waals surface area contributed by atoms with Crippen molar-refractivity contribution in [2.75, 3.05) is 13.1 Å². The quantitative estimate of drug-likeness (QED) is 0.737. The first-order chi connectivity index (χ1) is 6.82. The van der Waals surface area contributed by atoms with Gasteiger partial charge in [0.1, 0.15) is 5.54 Å². The number of carbonyl (C=O) groups is 1. The second kappa shape index (κ2) is 4.10. The number of nitrogens with zero attached hydrogens (tertiary/aromatic N) is 1. The van der Waals surface area contributed by atoms with Crippen LogP contribution in [0.15, 0.2) is 0 Å². The largest absolute Gasteiger partial charge is 0.480 e. The van der Waals surface area contributed by atoms with Crippen molar-refractivity contribution in [1.29, 1.82) is 0 Å². The highest BCUT2D eigenvalue weighted by Gasteiger charge is 2.45. The van der Waals surface area contributed by atoms with Gasteiger partial charge in [-0.2, -0.15) is 0 Å². The van der Waals surface area contributed by atoms with Crippen molar-refractivity contribution < 1.29 is 15.0 Å². The highest BCUT2D eigenvalue weighted by atomic mass is 16.4. The highest BCUT2D eigenvalue weighted by molar-refractivity contribution is 5.78. The lowest BCUT2D eigenvalue weighted by molar-refractivity contribution is -0.150. The minimum atomic E-state index is -0.792. The summed E-state index contributed by atoms with van der Waals surface area (Å²) in [5.74, 6) is -0.785. The summed E-state index contributed by atoms with van der Waals surface area (Å²) >= 11 is 0. The average molecular weight is 215 g/mol. The van der Waals surface area contributed by atoms with Crippen molar-refractivity contribution in [1.82, 2.24) is 4.90 Å². The molecule has 1 aliphatic heterocycles. The third-order valence-corrected chi connectivity index (χ3v) is 3.54. The standard InChI is InChI=1S/C11H21NO3/c1-4-10(2,15)8-12-7-5-6-11(12,3)9(13)14/h15H,4-8H2,1-3H3,(H,13,14). The summed E-state index contributed by atoms with van der Waals surface area (Å²) in [4.78, 5) is 13.1. The van der Waals surface area contributed by atoms with Gasteiger partial charge in [0.2, 0.25) is 0 Å². The second-order valence-corrected chi connectivity index (χ2v) is 4.95. The molecule has 2 unspecified atom stereocenters. The topological polar surface area (TPSA) is 60.8 Å². The molecule has 0 aromatic rings. The summed E-state index contributed by atoms with van der Waals surface area (Å²) < 4.78 is 0. The summed E-state index contributed by atoms with van der Waals surface area (Å²) in [5.41, 5.74) is -1.58. The fourth-order valence-electron chi connectivity index (χ4n) is 2.04. The summed E-state index contributed by atoms with van der Waals surface area (Å²) in [6.07, 6.45) is 2.20. The van der Waals surface area contributed by atoms with E-state index in [9.17, 15) is 15.0 Å². The molecule has 15 heavy (non-hydrogen) atoms. The van der Waals surface area contributed by atoms with Crippen LogP contribution in [0.3, 0.4) is 0 Å². The van der Waals surface area contributed by atoms with E-state index in [0.717, 1.165) is 13.0 Å². The Labute approximate surface area is 90.9 Å². The number of carboxylic acids is 1. The number of aliphatic hydroxyl groups is 1. The maximum absolute atomic E-state index is 11.2. The van der Waals surface area contributed by atoms with Crippen LogP contribution < -0.4 is 0 Å². The Hall–Kier alpha value is -0.610. The number of rotatable bonds is 4. The molecule has 0 aromatic carbocycles. The van der Waals surface area contributed by atoms with Gasteiger partial charge >= 0.3 is 5.97 Å². The average Bonchev–Trinajstić information content (AvgIpc) is 2.49. The Morgan fingerprint density at radius 2 is 2.20 bits per heavy atom. The molecule has 0 saturated carbocycles. The number of carboxylic acid groups (broad SMARTS) is 1. The molecule has 2 atom stereocenters. The molecule has 4 nitrogen and oxygen atoms in total. The third-order valence-electron chi connectivity index (χ3n) is 3.54. The van der Waals surface area contributed by atoms with E-state index in [2.05, 4.69) is 0 Å². The van der Waals surface area contributed by atoms with E-state index in [0.29, 0.717) is 19.4 Å². The van der Waals surface area contributed by atoms with Crippen LogP contribution in [0.5, 0.6) is 0 Å². The van der Waals surface area contributed by atoms with E-state index in [1.54, 1.807) is 13.8 Å². The SMILES string of the molecule is CCC(C)(O)CN1CCCC1(C)C(=O)O. The van der Waals surface area contributed by atoms with Gasteiger partial charge in [-0.15, -0.1) is 0 Å². The molecule has 88 valence electrons. The van der Waals surface area contributed by atoms with Crippen LogP contribution in [0.4, 0.5) is 0 Å². The molecule has 0 bridgehead atoms. The van der Waals surface area contributed by atoms with Gasteiger partial charge in [-0.3, -0.25) is 9.69 Å². The first-order valence-corrected chi connectivity index (χ1v) is 5.53. The minimum Gasteiger partial charge on any atom is -0.480 e. The lowest BCUT2D eigenvalue weighted by Crippen LogP contribution is -2.53. The predicted octanol–water partition coefficient (Wildman–Crippen LogP) is 1.09. The van der Waals surface area contributed by atoms with E-state index in [1.807, 2.05) is 11.8 Å². The zero-order valence-corrected chi connectivity index (χ0v) is 9.79. The van der Waals surface area contributed by atoms with Gasteiger partial charge in [0, 0.05) is 6.54 Å². The molecule has 1 heterocycles. The molecule has 4 heteroatoms. The first kappa shape index (κ1) is 12.5. The number of hydrogen-bond acceptors (Lipinski definition) is 3. The Morgan fingerprint density at radius 3 is 2.67 bits per heavy atom. The molecule has 0 aromatic heterocycles. The molecule has 1 rings (SSSR count). The highest BCUT2D eigenvalue weighted by Crippen LogP contribution is 2.31. The van der Waals surface area contributed by atoms with E-state index < -0.39 is 17.1 Å². The van der Waals surface area contributed by atoms with Gasteiger partial charge in [0.15, 0.2) is 0 Å². The van der Waals surface area contributed by atoms with Crippen molar-refractivity contribution in [2.24, 2.45) is 0 Å². The van der Waals surface area contributed by atoms with E-state index in [-0.39, 0.29) is 0 Å². The number of hydrogen-bond donors (Lipinski definition) is 2. The monoisotopic (exact) mass is 215 g/mol. The molecule has 1 saturated heterocycles. The molecule has 0 aliphatic carbocycles. The van der Waals surface area contributed by atoms with Crippen LogP contribution in [0.2, 0.25) is 0 Å². The van der Waals surface area contributed by atoms with Gasteiger partial charge in [0.25, 0.3) is 0 Å². The van der Waals surface area contributed by atoms with Crippen LogP contribution >= 0.6 is 0 Å². The molecule has 1 aliphatic rings. The van der Waals surface area contributed by atoms with Gasteiger partial charge < -0.3 is 10.2 Å². The summed E-state index contributed by atoms with van der Waals surface area (Å²) in [7, 11) is 0. The van der Waals surface area contributed by atoms with Gasteiger partial charge in [-0.25, -0.2) is 0 Å². The van der Waals surface area contributed by atoms with Crippen molar-refractivity contribution in [2.45, 2.75) is 51.2 Å². The van der Waals surface area contributed by atoms with Crippen LogP contribution in [0.25, 0.3) is 0 Å². The first-order valence-electron chi connectivity index (χ1n) is 5.53. The van der Waals surface area contributed by atoms with E-state index in [4.69, 9.17) is 0 Å². The van der Waals surface area contributed by atoms with Crippen molar-refractivity contribution in [3.63, 3.8) is 0 Å². The summed E-state index contributed by atoms with van der Waals surface area (Å²) in [6, 6.07) is 0. The molecule has 2 N–H and O–H groups in total. The molecular formula is C11H21NO3. The summed E-state index contributed by atoms with van der Waals surface area (Å²) in [6.45, 7) is 6.61. The smallest absolute Gasteiger partial charge is 0.323 e. The predicted molar refractivity (Wildman–Crippen MR) is 57.8 cm³/mol. The number of β-amino-alcohol motifs (C(OH)–C–C–N with tert-alkyl or cyclic N) is 1. The second-order valence-electron chi connectivity index (χ2n) is 4.95. The maximum Gasteiger partial charge on any atom is 0.323 e. The van der Waals surface area contributed by atoms with Crippen LogP contribution in [-0.4, -0.2) is 45.3 Å². The van der Waals surface area contributed by atoms with Crippen molar-refractivity contribution in [3.8, 4) is 0 Å². The zero-order valence-electron chi connectivity index (χ0n) is 9.79. The number of aliphatic carboxylic acids is 1. The van der Waals surface area contributed by atoms with Crippen LogP contribution in [-0.2, 0) is 4.79 Å². The normalized spacial score (nSPS) is 31.5. The summed E-state index contributed by atoms with van der Waals surface area (Å²) in [5, 5.41) is 19.2. The maximum atomic E-state index is 11.2. The Morgan fingerprint density at radius 1 is 1.60 bits per heavy atom. The Bertz CT molecular complexity index is 252. The van der Waals surface area contributed by atoms with Crippen LogP contribution in [0.1, 0.15) is 40.0 Å². The molecule has 0 spiro atoms. The zero-order chi connectivity index (χ0) is 11.7.